The Morgan fingerprint density at radius 1 is 1.27 bits per heavy atom. The first-order valence-electron chi connectivity index (χ1n) is 8.20. The van der Waals surface area contributed by atoms with Crippen molar-refractivity contribution in [2.24, 2.45) is 7.05 Å². The van der Waals surface area contributed by atoms with Crippen LogP contribution in [-0.2, 0) is 13.6 Å². The number of hydrogen-bond donors (Lipinski definition) is 2. The molecule has 0 atom stereocenters. The number of nitrogens with one attached hydrogen (secondary N) is 2. The highest BCUT2D eigenvalue weighted by atomic mass is 35.5. The first kappa shape index (κ1) is 18.2. The molecule has 2 heterocycles. The number of hydrogen-bond acceptors (Lipinski definition) is 5. The number of H-pyrrole nitrogens is 1. The predicted octanol–water partition coefficient (Wildman–Crippen LogP) is 1.10. The van der Waals surface area contributed by atoms with Crippen LogP contribution < -0.4 is 16.6 Å². The molecule has 0 unspecified atom stereocenters. The molecule has 0 radical (unpaired) electrons. The third-order valence-corrected chi connectivity index (χ3v) is 4.50. The maximum Gasteiger partial charge on any atom is 0.329 e. The van der Waals surface area contributed by atoms with Crippen LogP contribution in [0.15, 0.2) is 33.9 Å². The molecule has 0 aliphatic carbocycles. The quantitative estimate of drug-likeness (QED) is 0.672. The summed E-state index contributed by atoms with van der Waals surface area (Å²) in [7, 11) is 5.53. The van der Waals surface area contributed by atoms with Crippen molar-refractivity contribution in [2.75, 3.05) is 32.5 Å². The Morgan fingerprint density at radius 2 is 2.00 bits per heavy atom. The van der Waals surface area contributed by atoms with E-state index in [9.17, 15) is 9.59 Å². The van der Waals surface area contributed by atoms with Crippen LogP contribution in [0, 0.1) is 0 Å². The van der Waals surface area contributed by atoms with Crippen molar-refractivity contribution in [1.82, 2.24) is 24.0 Å². The fraction of sp³-hybridized carbons (Fsp3) is 0.353. The van der Waals surface area contributed by atoms with Crippen molar-refractivity contribution >= 4 is 28.7 Å². The van der Waals surface area contributed by atoms with Gasteiger partial charge in [-0.05, 0) is 25.7 Å². The predicted molar refractivity (Wildman–Crippen MR) is 103 cm³/mol. The smallest absolute Gasteiger partial charge is 0.329 e. The minimum absolute atomic E-state index is 0.332. The van der Waals surface area contributed by atoms with Crippen LogP contribution in [0.3, 0.4) is 0 Å². The molecular formula is C17H21ClN6O2. The summed E-state index contributed by atoms with van der Waals surface area (Å²) in [6.07, 6.45) is 0. The molecule has 0 bridgehead atoms. The Hall–Kier alpha value is -2.58. The van der Waals surface area contributed by atoms with Gasteiger partial charge in [-0.25, -0.2) is 4.79 Å². The Bertz CT molecular complexity index is 1050. The summed E-state index contributed by atoms with van der Waals surface area (Å²) >= 11 is 6.28. The second-order valence-electron chi connectivity index (χ2n) is 6.33. The molecule has 2 N–H and O–H groups in total. The van der Waals surface area contributed by atoms with Crippen molar-refractivity contribution in [3.63, 3.8) is 0 Å². The van der Waals surface area contributed by atoms with Gasteiger partial charge in [0.05, 0.1) is 6.54 Å². The summed E-state index contributed by atoms with van der Waals surface area (Å²) in [6, 6.07) is 7.44. The molecule has 0 aliphatic rings. The number of anilines is 1. The van der Waals surface area contributed by atoms with Gasteiger partial charge in [0.1, 0.15) is 0 Å². The van der Waals surface area contributed by atoms with E-state index in [1.54, 1.807) is 17.7 Å². The molecule has 26 heavy (non-hydrogen) atoms. The number of benzene rings is 1. The van der Waals surface area contributed by atoms with E-state index in [0.29, 0.717) is 35.2 Å². The topological polar surface area (TPSA) is 88.0 Å². The average molecular weight is 377 g/mol. The fourth-order valence-corrected chi connectivity index (χ4v) is 2.91. The molecule has 2 aromatic heterocycles. The second-order valence-corrected chi connectivity index (χ2v) is 6.74. The average Bonchev–Trinajstić information content (AvgIpc) is 2.94. The SMILES string of the molecule is CN(C)CCNc1nc2c(c(=O)[nH]c(=O)n2C)n1Cc1ccccc1Cl. The molecule has 0 spiro atoms. The monoisotopic (exact) mass is 376 g/mol. The van der Waals surface area contributed by atoms with E-state index >= 15 is 0 Å². The minimum atomic E-state index is -0.496. The highest BCUT2D eigenvalue weighted by molar-refractivity contribution is 6.31. The van der Waals surface area contributed by atoms with Crippen LogP contribution >= 0.6 is 11.6 Å². The van der Waals surface area contributed by atoms with Crippen LogP contribution in [0.4, 0.5) is 5.95 Å². The minimum Gasteiger partial charge on any atom is -0.354 e. The van der Waals surface area contributed by atoms with Crippen molar-refractivity contribution in [3.8, 4) is 0 Å². The molecule has 9 heteroatoms. The van der Waals surface area contributed by atoms with Gasteiger partial charge in [0.15, 0.2) is 11.2 Å². The molecular weight excluding hydrogens is 356 g/mol. The van der Waals surface area contributed by atoms with E-state index in [4.69, 9.17) is 11.6 Å². The summed E-state index contributed by atoms with van der Waals surface area (Å²) in [5, 5.41) is 3.85. The molecule has 0 aliphatic heterocycles. The van der Waals surface area contributed by atoms with Crippen molar-refractivity contribution < 1.29 is 0 Å². The molecule has 3 rings (SSSR count). The van der Waals surface area contributed by atoms with Crippen molar-refractivity contribution in [2.45, 2.75) is 6.54 Å². The number of rotatable bonds is 6. The van der Waals surface area contributed by atoms with Crippen LogP contribution in [0.25, 0.3) is 11.2 Å². The maximum absolute atomic E-state index is 12.4. The second kappa shape index (κ2) is 7.35. The molecule has 138 valence electrons. The molecule has 0 fully saturated rings. The number of aryl methyl sites for hydroxylation is 1. The molecule has 0 saturated heterocycles. The van der Waals surface area contributed by atoms with Gasteiger partial charge in [-0.3, -0.25) is 18.9 Å². The van der Waals surface area contributed by atoms with Crippen LogP contribution in [0.1, 0.15) is 5.56 Å². The lowest BCUT2D eigenvalue weighted by atomic mass is 10.2. The van der Waals surface area contributed by atoms with Gasteiger partial charge in [0.25, 0.3) is 5.56 Å². The first-order chi connectivity index (χ1) is 12.4. The Balaban J connectivity index is 2.13. The van der Waals surface area contributed by atoms with E-state index in [1.807, 2.05) is 37.2 Å². The number of aromatic amines is 1. The van der Waals surface area contributed by atoms with E-state index in [-0.39, 0.29) is 0 Å². The summed E-state index contributed by atoms with van der Waals surface area (Å²) < 4.78 is 3.08. The zero-order valence-corrected chi connectivity index (χ0v) is 15.7. The van der Waals surface area contributed by atoms with Crippen LogP contribution in [0.2, 0.25) is 5.02 Å². The standard InChI is InChI=1S/C17H21ClN6O2/c1-22(2)9-8-19-16-20-14-13(15(25)21-17(26)23(14)3)24(16)10-11-6-4-5-7-12(11)18/h4-7H,8-10H2,1-3H3,(H,19,20)(H,21,25,26). The number of aromatic nitrogens is 4. The number of nitrogens with zero attached hydrogens (tertiary/aromatic N) is 4. The van der Waals surface area contributed by atoms with Crippen LogP contribution in [-0.4, -0.2) is 51.2 Å². The Kier molecular flexibility index (Phi) is 5.15. The van der Waals surface area contributed by atoms with Gasteiger partial charge in [0, 0.05) is 25.2 Å². The summed E-state index contributed by atoms with van der Waals surface area (Å²) in [5.74, 6) is 0.522. The zero-order chi connectivity index (χ0) is 18.8. The molecule has 8 nitrogen and oxygen atoms in total. The van der Waals surface area contributed by atoms with Crippen molar-refractivity contribution in [3.05, 3.63) is 55.7 Å². The molecule has 3 aromatic rings. The molecule has 0 amide bonds. The van der Waals surface area contributed by atoms with E-state index < -0.39 is 11.2 Å². The van der Waals surface area contributed by atoms with Crippen molar-refractivity contribution in [1.29, 1.82) is 0 Å². The maximum atomic E-state index is 12.4. The lowest BCUT2D eigenvalue weighted by molar-refractivity contribution is 0.424. The largest absolute Gasteiger partial charge is 0.354 e. The van der Waals surface area contributed by atoms with Gasteiger partial charge >= 0.3 is 5.69 Å². The third kappa shape index (κ3) is 3.51. The third-order valence-electron chi connectivity index (χ3n) is 4.14. The van der Waals surface area contributed by atoms with E-state index in [2.05, 4.69) is 15.3 Å². The summed E-state index contributed by atoms with van der Waals surface area (Å²) in [6.45, 7) is 1.80. The van der Waals surface area contributed by atoms with Crippen LogP contribution in [0.5, 0.6) is 0 Å². The Morgan fingerprint density at radius 3 is 2.69 bits per heavy atom. The van der Waals surface area contributed by atoms with Gasteiger partial charge in [-0.15, -0.1) is 0 Å². The van der Waals surface area contributed by atoms with Gasteiger partial charge < -0.3 is 10.2 Å². The molecule has 0 saturated carbocycles. The van der Waals surface area contributed by atoms with Gasteiger partial charge in [-0.2, -0.15) is 4.98 Å². The lowest BCUT2D eigenvalue weighted by Gasteiger charge is -2.13. The van der Waals surface area contributed by atoms with E-state index in [0.717, 1.165) is 12.1 Å². The fourth-order valence-electron chi connectivity index (χ4n) is 2.71. The van der Waals surface area contributed by atoms with E-state index in [1.165, 1.54) is 4.57 Å². The lowest BCUT2D eigenvalue weighted by Crippen LogP contribution is -2.29. The summed E-state index contributed by atoms with van der Waals surface area (Å²) in [4.78, 5) is 33.2. The number of likely N-dealkylation sites (N-methyl/N-ethyl adjacent to an activating group) is 1. The zero-order valence-electron chi connectivity index (χ0n) is 14.9. The number of fused-ring (bicyclic) bond motifs is 1. The number of imidazole rings is 1. The van der Waals surface area contributed by atoms with Gasteiger partial charge in [0.2, 0.25) is 5.95 Å². The molecule has 1 aromatic carbocycles. The Labute approximate surface area is 155 Å². The summed E-state index contributed by atoms with van der Waals surface area (Å²) in [5.41, 5.74) is 0.558. The normalized spacial score (nSPS) is 11.4. The van der Waals surface area contributed by atoms with Gasteiger partial charge in [-0.1, -0.05) is 29.8 Å². The first-order valence-corrected chi connectivity index (χ1v) is 8.58. The highest BCUT2D eigenvalue weighted by Crippen LogP contribution is 2.21. The highest BCUT2D eigenvalue weighted by Gasteiger charge is 2.18. The number of halogens is 1.